The Balaban J connectivity index is 0.00000242. The van der Waals surface area contributed by atoms with Crippen molar-refractivity contribution in [3.8, 4) is 0 Å². The van der Waals surface area contributed by atoms with Crippen LogP contribution in [0.4, 0.5) is 0 Å². The van der Waals surface area contributed by atoms with Crippen molar-refractivity contribution in [2.24, 2.45) is 11.7 Å². The van der Waals surface area contributed by atoms with E-state index in [1.54, 1.807) is 0 Å². The zero-order valence-electron chi connectivity index (χ0n) is 13.4. The number of thioether (sulfide) groups is 1. The van der Waals surface area contributed by atoms with Crippen molar-refractivity contribution in [1.29, 1.82) is 0 Å². The van der Waals surface area contributed by atoms with Crippen LogP contribution in [0.3, 0.4) is 0 Å². The number of hydrogen-bond acceptors (Lipinski definition) is 3. The van der Waals surface area contributed by atoms with Gasteiger partial charge in [0.05, 0.1) is 0 Å². The highest BCUT2D eigenvalue weighted by atomic mass is 35.5. The van der Waals surface area contributed by atoms with Gasteiger partial charge in [0, 0.05) is 21.8 Å². The zero-order valence-corrected chi connectivity index (χ0v) is 15.0. The van der Waals surface area contributed by atoms with Crippen molar-refractivity contribution in [3.63, 3.8) is 0 Å². The summed E-state index contributed by atoms with van der Waals surface area (Å²) in [6.07, 6.45) is 4.60. The number of benzene rings is 1. The molecule has 2 rings (SSSR count). The Kier molecular flexibility index (Phi) is 8.29. The normalized spacial score (nSPS) is 21.3. The van der Waals surface area contributed by atoms with Gasteiger partial charge in [0.1, 0.15) is 0 Å². The number of rotatable bonds is 5. The molecule has 0 bridgehead atoms. The van der Waals surface area contributed by atoms with Crippen LogP contribution >= 0.6 is 24.2 Å². The van der Waals surface area contributed by atoms with Crippen molar-refractivity contribution in [1.82, 2.24) is 5.32 Å². The van der Waals surface area contributed by atoms with Gasteiger partial charge in [-0.2, -0.15) is 0 Å². The lowest BCUT2D eigenvalue weighted by molar-refractivity contribution is 0.0908. The van der Waals surface area contributed by atoms with Crippen LogP contribution in [-0.4, -0.2) is 23.7 Å². The molecule has 0 aliphatic heterocycles. The van der Waals surface area contributed by atoms with Crippen LogP contribution in [0.15, 0.2) is 29.2 Å². The van der Waals surface area contributed by atoms with Crippen molar-refractivity contribution in [3.05, 3.63) is 29.8 Å². The predicted molar refractivity (Wildman–Crippen MR) is 96.9 cm³/mol. The van der Waals surface area contributed by atoms with E-state index in [9.17, 15) is 4.79 Å². The van der Waals surface area contributed by atoms with Gasteiger partial charge < -0.3 is 11.1 Å². The molecule has 0 heterocycles. The molecule has 1 aliphatic carbocycles. The van der Waals surface area contributed by atoms with Crippen LogP contribution in [0.1, 0.15) is 49.9 Å². The number of carbonyl (C=O) groups is 1. The van der Waals surface area contributed by atoms with Gasteiger partial charge in [-0.1, -0.05) is 26.7 Å². The van der Waals surface area contributed by atoms with Crippen LogP contribution in [0.5, 0.6) is 0 Å². The SMILES string of the molecule is CC(C)Sc1ccc(C(=O)NC2CCCCC2CN)cc1.Cl. The van der Waals surface area contributed by atoms with Gasteiger partial charge >= 0.3 is 0 Å². The fourth-order valence-electron chi connectivity index (χ4n) is 2.89. The third-order valence-corrected chi connectivity index (χ3v) is 5.03. The molecule has 2 unspecified atom stereocenters. The maximum Gasteiger partial charge on any atom is 0.251 e. The molecule has 0 saturated heterocycles. The summed E-state index contributed by atoms with van der Waals surface area (Å²) in [6, 6.07) is 8.13. The fourth-order valence-corrected chi connectivity index (χ4v) is 3.73. The second-order valence-electron chi connectivity index (χ2n) is 6.05. The summed E-state index contributed by atoms with van der Waals surface area (Å²) in [5, 5.41) is 3.72. The van der Waals surface area contributed by atoms with Crippen molar-refractivity contribution in [2.75, 3.05) is 6.54 Å². The molecule has 22 heavy (non-hydrogen) atoms. The second kappa shape index (κ2) is 9.43. The Labute approximate surface area is 144 Å². The molecule has 0 radical (unpaired) electrons. The van der Waals surface area contributed by atoms with Crippen LogP contribution in [0.2, 0.25) is 0 Å². The fraction of sp³-hybridized carbons (Fsp3) is 0.588. The molecule has 1 aliphatic rings. The van der Waals surface area contributed by atoms with Crippen LogP contribution < -0.4 is 11.1 Å². The second-order valence-corrected chi connectivity index (χ2v) is 7.70. The molecule has 1 saturated carbocycles. The molecule has 0 spiro atoms. The zero-order chi connectivity index (χ0) is 15.2. The Hall–Kier alpha value is -0.710. The first kappa shape index (κ1) is 19.3. The molecular formula is C17H27ClN2OS. The van der Waals surface area contributed by atoms with Crippen LogP contribution in [-0.2, 0) is 0 Å². The Morgan fingerprint density at radius 3 is 2.50 bits per heavy atom. The maximum absolute atomic E-state index is 12.3. The minimum atomic E-state index is 0. The Morgan fingerprint density at radius 2 is 1.91 bits per heavy atom. The number of hydrogen-bond donors (Lipinski definition) is 2. The summed E-state index contributed by atoms with van der Waals surface area (Å²) >= 11 is 1.81. The first-order valence-corrected chi connectivity index (χ1v) is 8.75. The third-order valence-electron chi connectivity index (χ3n) is 4.02. The van der Waals surface area contributed by atoms with Gasteiger partial charge in [0.2, 0.25) is 0 Å². The molecule has 3 N–H and O–H groups in total. The predicted octanol–water partition coefficient (Wildman–Crippen LogP) is 3.86. The number of carbonyl (C=O) groups excluding carboxylic acids is 1. The number of halogens is 1. The molecule has 1 fully saturated rings. The molecular weight excluding hydrogens is 316 g/mol. The minimum Gasteiger partial charge on any atom is -0.349 e. The molecule has 0 aromatic heterocycles. The standard InChI is InChI=1S/C17H26N2OS.ClH/c1-12(2)21-15-9-7-13(8-10-15)17(20)19-16-6-4-3-5-14(16)11-18;/h7-10,12,14,16H,3-6,11,18H2,1-2H3,(H,19,20);1H. The molecule has 1 amide bonds. The van der Waals surface area contributed by atoms with Crippen LogP contribution in [0.25, 0.3) is 0 Å². The first-order chi connectivity index (χ1) is 10.1. The minimum absolute atomic E-state index is 0. The quantitative estimate of drug-likeness (QED) is 0.799. The third kappa shape index (κ3) is 5.49. The largest absolute Gasteiger partial charge is 0.349 e. The highest BCUT2D eigenvalue weighted by Crippen LogP contribution is 2.25. The Morgan fingerprint density at radius 1 is 1.27 bits per heavy atom. The van der Waals surface area contributed by atoms with E-state index in [4.69, 9.17) is 5.73 Å². The van der Waals surface area contributed by atoms with E-state index in [0.29, 0.717) is 17.7 Å². The maximum atomic E-state index is 12.3. The molecule has 3 nitrogen and oxygen atoms in total. The van der Waals surface area contributed by atoms with E-state index < -0.39 is 0 Å². The smallest absolute Gasteiger partial charge is 0.251 e. The van der Waals surface area contributed by atoms with Gasteiger partial charge in [-0.15, -0.1) is 24.2 Å². The van der Waals surface area contributed by atoms with Gasteiger partial charge in [-0.3, -0.25) is 4.79 Å². The van der Waals surface area contributed by atoms with Gasteiger partial charge in [-0.05, 0) is 49.6 Å². The number of amides is 1. The van der Waals surface area contributed by atoms with Crippen molar-refractivity contribution in [2.45, 2.75) is 55.7 Å². The molecule has 1 aromatic carbocycles. The highest BCUT2D eigenvalue weighted by Gasteiger charge is 2.25. The van der Waals surface area contributed by atoms with E-state index in [1.165, 1.54) is 17.7 Å². The van der Waals surface area contributed by atoms with Gasteiger partial charge in [0.15, 0.2) is 0 Å². The summed E-state index contributed by atoms with van der Waals surface area (Å²) in [5.41, 5.74) is 6.56. The number of nitrogens with two attached hydrogens (primary N) is 1. The van der Waals surface area contributed by atoms with E-state index in [0.717, 1.165) is 18.4 Å². The van der Waals surface area contributed by atoms with Gasteiger partial charge in [0.25, 0.3) is 5.91 Å². The molecule has 124 valence electrons. The average molecular weight is 343 g/mol. The van der Waals surface area contributed by atoms with E-state index >= 15 is 0 Å². The first-order valence-electron chi connectivity index (χ1n) is 7.88. The summed E-state index contributed by atoms with van der Waals surface area (Å²) < 4.78 is 0. The summed E-state index contributed by atoms with van der Waals surface area (Å²) in [6.45, 7) is 5.00. The lowest BCUT2D eigenvalue weighted by atomic mass is 9.84. The number of nitrogens with one attached hydrogen (secondary N) is 1. The summed E-state index contributed by atoms with van der Waals surface area (Å²) in [4.78, 5) is 13.6. The molecule has 1 aromatic rings. The van der Waals surface area contributed by atoms with Crippen molar-refractivity contribution < 1.29 is 4.79 Å². The average Bonchev–Trinajstić information content (AvgIpc) is 2.48. The monoisotopic (exact) mass is 342 g/mol. The highest BCUT2D eigenvalue weighted by molar-refractivity contribution is 7.99. The lowest BCUT2D eigenvalue weighted by Gasteiger charge is -2.31. The van der Waals surface area contributed by atoms with E-state index in [1.807, 2.05) is 36.0 Å². The van der Waals surface area contributed by atoms with E-state index in [2.05, 4.69) is 19.2 Å². The van der Waals surface area contributed by atoms with Crippen molar-refractivity contribution >= 4 is 30.1 Å². The van der Waals surface area contributed by atoms with Crippen LogP contribution in [0, 0.1) is 5.92 Å². The van der Waals surface area contributed by atoms with E-state index in [-0.39, 0.29) is 24.4 Å². The summed E-state index contributed by atoms with van der Waals surface area (Å²) in [7, 11) is 0. The van der Waals surface area contributed by atoms with Gasteiger partial charge in [-0.25, -0.2) is 0 Å². The molecule has 5 heteroatoms. The molecule has 2 atom stereocenters. The topological polar surface area (TPSA) is 55.1 Å². The summed E-state index contributed by atoms with van der Waals surface area (Å²) in [5.74, 6) is 0.458. The lowest BCUT2D eigenvalue weighted by Crippen LogP contribution is -2.44. The Bertz CT molecular complexity index is 464.